The van der Waals surface area contributed by atoms with E-state index in [0.29, 0.717) is 10.0 Å². The number of benzene rings is 1. The van der Waals surface area contributed by atoms with Crippen molar-refractivity contribution in [1.82, 2.24) is 0 Å². The zero-order valence-corrected chi connectivity index (χ0v) is 13.0. The van der Waals surface area contributed by atoms with Gasteiger partial charge < -0.3 is 9.84 Å². The zero-order valence-electron chi connectivity index (χ0n) is 11.4. The first-order chi connectivity index (χ1) is 9.58. The fraction of sp³-hybridized carbons (Fsp3) is 0.625. The third-order valence-electron chi connectivity index (χ3n) is 4.72. The summed E-state index contributed by atoms with van der Waals surface area (Å²) in [5.74, 6) is 0.233. The predicted octanol–water partition coefficient (Wildman–Crippen LogP) is 4.77. The van der Waals surface area contributed by atoms with Crippen molar-refractivity contribution in [2.75, 3.05) is 6.61 Å². The highest BCUT2D eigenvalue weighted by Crippen LogP contribution is 2.45. The molecule has 1 saturated heterocycles. The molecule has 1 aromatic carbocycles. The molecule has 4 heteroatoms. The Balaban J connectivity index is 1.77. The fourth-order valence-corrected chi connectivity index (χ4v) is 4.26. The lowest BCUT2D eigenvalue weighted by molar-refractivity contribution is -0.113. The van der Waals surface area contributed by atoms with Gasteiger partial charge in [-0.2, -0.15) is 0 Å². The van der Waals surface area contributed by atoms with Crippen molar-refractivity contribution in [3.8, 4) is 0 Å². The molecule has 1 saturated carbocycles. The van der Waals surface area contributed by atoms with Crippen LogP contribution in [0.2, 0.25) is 10.0 Å². The average molecular weight is 315 g/mol. The van der Waals surface area contributed by atoms with Gasteiger partial charge in [0.1, 0.15) is 0 Å². The molecule has 0 bridgehead atoms. The molecule has 1 N–H and O–H groups in total. The normalized spacial score (nSPS) is 26.9. The zero-order chi connectivity index (χ0) is 14.2. The Bertz CT molecular complexity index is 463. The van der Waals surface area contributed by atoms with Crippen LogP contribution in [0.5, 0.6) is 0 Å². The first kappa shape index (κ1) is 14.6. The smallest absolute Gasteiger partial charge is 0.0821 e. The lowest BCUT2D eigenvalue weighted by atomic mass is 9.80. The molecule has 0 radical (unpaired) electrons. The lowest BCUT2D eigenvalue weighted by Crippen LogP contribution is -2.39. The summed E-state index contributed by atoms with van der Waals surface area (Å²) in [5, 5.41) is 11.8. The molecule has 1 heterocycles. The van der Waals surface area contributed by atoms with Crippen molar-refractivity contribution in [2.24, 2.45) is 5.92 Å². The number of aliphatic hydroxyl groups excluding tert-OH is 1. The minimum atomic E-state index is -0.507. The van der Waals surface area contributed by atoms with Gasteiger partial charge in [0.2, 0.25) is 0 Å². The van der Waals surface area contributed by atoms with E-state index in [2.05, 4.69) is 0 Å². The number of hydrogen-bond acceptors (Lipinski definition) is 2. The van der Waals surface area contributed by atoms with Gasteiger partial charge in [-0.1, -0.05) is 36.0 Å². The third-order valence-corrected chi connectivity index (χ3v) is 5.16. The molecule has 2 atom stereocenters. The predicted molar refractivity (Wildman–Crippen MR) is 81.3 cm³/mol. The number of halogens is 2. The van der Waals surface area contributed by atoms with E-state index in [1.807, 2.05) is 12.1 Å². The molecule has 1 aliphatic carbocycles. The van der Waals surface area contributed by atoms with Crippen LogP contribution in [-0.2, 0) is 4.74 Å². The van der Waals surface area contributed by atoms with E-state index < -0.39 is 6.10 Å². The summed E-state index contributed by atoms with van der Waals surface area (Å²) in [6.07, 6.45) is 6.08. The molecular weight excluding hydrogens is 295 g/mol. The van der Waals surface area contributed by atoms with Crippen LogP contribution in [0.25, 0.3) is 0 Å². The van der Waals surface area contributed by atoms with Gasteiger partial charge in [0.15, 0.2) is 0 Å². The number of hydrogen-bond donors (Lipinski definition) is 1. The highest BCUT2D eigenvalue weighted by Gasteiger charge is 2.42. The van der Waals surface area contributed by atoms with Gasteiger partial charge in [-0.15, -0.1) is 0 Å². The van der Waals surface area contributed by atoms with Gasteiger partial charge in [0.25, 0.3) is 0 Å². The van der Waals surface area contributed by atoms with Crippen molar-refractivity contribution >= 4 is 23.2 Å². The standard InChI is InChI=1S/C16H20Cl2O2/c17-13-7-12(8-14(18)9-13)15(19)11-3-6-20-16(10-11)4-1-2-5-16/h7-9,11,15,19H,1-6,10H2. The Morgan fingerprint density at radius 2 is 1.80 bits per heavy atom. The summed E-state index contributed by atoms with van der Waals surface area (Å²) in [7, 11) is 0. The van der Waals surface area contributed by atoms with Crippen molar-refractivity contribution in [3.63, 3.8) is 0 Å². The summed E-state index contributed by atoms with van der Waals surface area (Å²) in [6, 6.07) is 5.32. The molecule has 0 aromatic heterocycles. The molecular formula is C16H20Cl2O2. The van der Waals surface area contributed by atoms with Crippen LogP contribution >= 0.6 is 23.2 Å². The van der Waals surface area contributed by atoms with Gasteiger partial charge in [-0.05, 0) is 55.4 Å². The summed E-state index contributed by atoms with van der Waals surface area (Å²) in [4.78, 5) is 0. The maximum Gasteiger partial charge on any atom is 0.0821 e. The van der Waals surface area contributed by atoms with Gasteiger partial charge in [0.05, 0.1) is 11.7 Å². The van der Waals surface area contributed by atoms with Gasteiger partial charge in [0, 0.05) is 16.7 Å². The molecule has 2 fully saturated rings. The number of rotatable bonds is 2. The van der Waals surface area contributed by atoms with E-state index in [9.17, 15) is 5.11 Å². The maximum absolute atomic E-state index is 10.7. The molecule has 20 heavy (non-hydrogen) atoms. The van der Waals surface area contributed by atoms with Gasteiger partial charge >= 0.3 is 0 Å². The molecule has 2 nitrogen and oxygen atoms in total. The van der Waals surface area contributed by atoms with E-state index in [4.69, 9.17) is 27.9 Å². The van der Waals surface area contributed by atoms with Crippen molar-refractivity contribution in [3.05, 3.63) is 33.8 Å². The molecule has 2 aliphatic rings. The second kappa shape index (κ2) is 5.84. The highest BCUT2D eigenvalue weighted by atomic mass is 35.5. The lowest BCUT2D eigenvalue weighted by Gasteiger charge is -2.40. The van der Waals surface area contributed by atoms with Gasteiger partial charge in [-0.3, -0.25) is 0 Å². The summed E-state index contributed by atoms with van der Waals surface area (Å²) < 4.78 is 6.03. The number of aliphatic hydroxyl groups is 1. The van der Waals surface area contributed by atoms with Crippen LogP contribution < -0.4 is 0 Å². The van der Waals surface area contributed by atoms with E-state index in [-0.39, 0.29) is 11.5 Å². The first-order valence-electron chi connectivity index (χ1n) is 7.36. The van der Waals surface area contributed by atoms with Gasteiger partial charge in [-0.25, -0.2) is 0 Å². The Morgan fingerprint density at radius 3 is 2.45 bits per heavy atom. The van der Waals surface area contributed by atoms with E-state index in [1.165, 1.54) is 12.8 Å². The Labute approximate surface area is 130 Å². The maximum atomic E-state index is 10.7. The summed E-state index contributed by atoms with van der Waals surface area (Å²) >= 11 is 12.1. The minimum absolute atomic E-state index is 0.0201. The number of ether oxygens (including phenoxy) is 1. The summed E-state index contributed by atoms with van der Waals surface area (Å²) in [6.45, 7) is 0.746. The Hall–Kier alpha value is -0.280. The van der Waals surface area contributed by atoms with Crippen LogP contribution in [0.15, 0.2) is 18.2 Å². The van der Waals surface area contributed by atoms with E-state index in [1.54, 1.807) is 6.07 Å². The topological polar surface area (TPSA) is 29.5 Å². The van der Waals surface area contributed by atoms with Crippen molar-refractivity contribution in [2.45, 2.75) is 50.2 Å². The second-order valence-electron chi connectivity index (χ2n) is 6.14. The Morgan fingerprint density at radius 1 is 1.15 bits per heavy atom. The molecule has 3 rings (SSSR count). The quantitative estimate of drug-likeness (QED) is 0.852. The largest absolute Gasteiger partial charge is 0.388 e. The summed E-state index contributed by atoms with van der Waals surface area (Å²) in [5.41, 5.74) is 0.842. The SMILES string of the molecule is OC(c1cc(Cl)cc(Cl)c1)C1CCOC2(CCCC2)C1. The second-order valence-corrected chi connectivity index (χ2v) is 7.01. The van der Waals surface area contributed by atoms with Crippen molar-refractivity contribution < 1.29 is 9.84 Å². The first-order valence-corrected chi connectivity index (χ1v) is 8.12. The average Bonchev–Trinajstić information content (AvgIpc) is 2.85. The molecule has 2 unspecified atom stereocenters. The van der Waals surface area contributed by atoms with Crippen LogP contribution in [0.1, 0.15) is 50.2 Å². The Kier molecular flexibility index (Phi) is 4.28. The monoisotopic (exact) mass is 314 g/mol. The van der Waals surface area contributed by atoms with E-state index in [0.717, 1.165) is 37.9 Å². The van der Waals surface area contributed by atoms with Crippen molar-refractivity contribution in [1.29, 1.82) is 0 Å². The van der Waals surface area contributed by atoms with E-state index >= 15 is 0 Å². The van der Waals surface area contributed by atoms with Crippen LogP contribution in [0.3, 0.4) is 0 Å². The fourth-order valence-electron chi connectivity index (χ4n) is 3.72. The molecule has 110 valence electrons. The molecule has 1 aromatic rings. The minimum Gasteiger partial charge on any atom is -0.388 e. The van der Waals surface area contributed by atoms with Crippen LogP contribution in [0, 0.1) is 5.92 Å². The molecule has 1 aliphatic heterocycles. The van der Waals surface area contributed by atoms with Crippen LogP contribution in [-0.4, -0.2) is 17.3 Å². The van der Waals surface area contributed by atoms with Crippen LogP contribution in [0.4, 0.5) is 0 Å². The molecule has 1 spiro atoms. The molecule has 0 amide bonds. The highest BCUT2D eigenvalue weighted by molar-refractivity contribution is 6.34. The third kappa shape index (κ3) is 2.99.